The minimum Gasteiger partial charge on any atom is -0.457 e. The number of aliphatic hydroxyl groups excluding tert-OH is 4. The Labute approximate surface area is 431 Å². The monoisotopic (exact) mass is 989 g/mol. The van der Waals surface area contributed by atoms with Crippen molar-refractivity contribution in [1.82, 2.24) is 0 Å². The van der Waals surface area contributed by atoms with Crippen LogP contribution >= 0.6 is 0 Å². The summed E-state index contributed by atoms with van der Waals surface area (Å²) in [5.41, 5.74) is 0. The number of ether oxygens (including phenoxy) is 4. The van der Waals surface area contributed by atoms with Crippen LogP contribution in [0.15, 0.2) is 48.6 Å². The van der Waals surface area contributed by atoms with Crippen molar-refractivity contribution in [3.05, 3.63) is 48.6 Å². The maximum absolute atomic E-state index is 12.9. The van der Waals surface area contributed by atoms with E-state index < -0.39 is 43.4 Å². The molecule has 4 N–H and O–H groups in total. The first-order valence-electron chi connectivity index (χ1n) is 29.7. The van der Waals surface area contributed by atoms with Gasteiger partial charge in [0.15, 0.2) is 6.29 Å². The van der Waals surface area contributed by atoms with Gasteiger partial charge in [0.25, 0.3) is 0 Å². The number of esters is 1. The van der Waals surface area contributed by atoms with Crippen LogP contribution in [0.5, 0.6) is 0 Å². The van der Waals surface area contributed by atoms with E-state index in [0.717, 1.165) is 57.8 Å². The average molecular weight is 990 g/mol. The van der Waals surface area contributed by atoms with E-state index in [9.17, 15) is 25.2 Å². The number of carbonyl (C=O) groups excluding carboxylic acids is 1. The van der Waals surface area contributed by atoms with E-state index in [1.165, 1.54) is 193 Å². The van der Waals surface area contributed by atoms with Crippen molar-refractivity contribution in [3.8, 4) is 0 Å². The van der Waals surface area contributed by atoms with E-state index in [2.05, 4.69) is 62.5 Å². The molecule has 1 aliphatic heterocycles. The Morgan fingerprint density at radius 3 is 1.31 bits per heavy atom. The van der Waals surface area contributed by atoms with Crippen molar-refractivity contribution >= 4 is 5.97 Å². The maximum Gasteiger partial charge on any atom is 0.306 e. The first-order valence-corrected chi connectivity index (χ1v) is 29.7. The second kappa shape index (κ2) is 52.0. The van der Waals surface area contributed by atoms with Crippen molar-refractivity contribution in [2.45, 2.75) is 307 Å². The molecule has 1 rings (SSSR count). The molecule has 0 amide bonds. The Hall–Kier alpha value is -1.85. The highest BCUT2D eigenvalue weighted by Gasteiger charge is 2.44. The first-order chi connectivity index (χ1) is 34.4. The van der Waals surface area contributed by atoms with Crippen molar-refractivity contribution < 1.29 is 44.2 Å². The summed E-state index contributed by atoms with van der Waals surface area (Å²) in [6, 6.07) is 0. The summed E-state index contributed by atoms with van der Waals surface area (Å²) in [6.45, 7) is 4.49. The molecule has 1 heterocycles. The van der Waals surface area contributed by atoms with E-state index in [4.69, 9.17) is 18.9 Å². The fourth-order valence-electron chi connectivity index (χ4n) is 9.19. The highest BCUT2D eigenvalue weighted by molar-refractivity contribution is 5.69. The molecule has 0 aromatic carbocycles. The molecule has 9 heteroatoms. The summed E-state index contributed by atoms with van der Waals surface area (Å²) >= 11 is 0. The van der Waals surface area contributed by atoms with Crippen LogP contribution in [0.3, 0.4) is 0 Å². The lowest BCUT2D eigenvalue weighted by molar-refractivity contribution is -0.305. The molecule has 9 nitrogen and oxygen atoms in total. The third-order valence-corrected chi connectivity index (χ3v) is 13.8. The van der Waals surface area contributed by atoms with Gasteiger partial charge in [-0.1, -0.05) is 262 Å². The molecule has 6 unspecified atom stereocenters. The largest absolute Gasteiger partial charge is 0.457 e. The maximum atomic E-state index is 12.9. The van der Waals surface area contributed by atoms with Crippen molar-refractivity contribution in [2.24, 2.45) is 0 Å². The molecule has 1 aliphatic rings. The fourth-order valence-corrected chi connectivity index (χ4v) is 9.19. The number of hydrogen-bond donors (Lipinski definition) is 4. The lowest BCUT2D eigenvalue weighted by Crippen LogP contribution is -2.59. The van der Waals surface area contributed by atoms with Crippen molar-refractivity contribution in [1.29, 1.82) is 0 Å². The normalized spacial score (nSPS) is 19.2. The van der Waals surface area contributed by atoms with Gasteiger partial charge in [-0.05, 0) is 51.4 Å². The van der Waals surface area contributed by atoms with E-state index in [1.807, 2.05) is 0 Å². The van der Waals surface area contributed by atoms with Gasteiger partial charge in [-0.25, -0.2) is 0 Å². The quantitative estimate of drug-likeness (QED) is 0.0267. The van der Waals surface area contributed by atoms with Crippen LogP contribution in [0.2, 0.25) is 0 Å². The molecule has 0 aromatic rings. The average Bonchev–Trinajstić information content (AvgIpc) is 3.36. The third kappa shape index (κ3) is 41.6. The van der Waals surface area contributed by atoms with Crippen LogP contribution in [-0.4, -0.2) is 89.6 Å². The number of carbonyl (C=O) groups is 1. The van der Waals surface area contributed by atoms with Crippen LogP contribution in [-0.2, 0) is 23.7 Å². The van der Waals surface area contributed by atoms with Gasteiger partial charge in [0.1, 0.15) is 30.5 Å². The lowest BCUT2D eigenvalue weighted by atomic mass is 9.99. The molecular weight excluding hydrogens is 877 g/mol. The SMILES string of the molecule is CC/C=C\C/C=C\C/C=C\C/C=C\CCCCCCCCCCCCCOCC(COC1OC(CO)C(O)C(O)C1O)OC(=O)CCCCCCCCCCCCCCCCCCCCCCCCC. The number of hydrogen-bond acceptors (Lipinski definition) is 9. The van der Waals surface area contributed by atoms with Crippen LogP contribution in [0.4, 0.5) is 0 Å². The topological polar surface area (TPSA) is 135 Å². The molecule has 1 saturated heterocycles. The summed E-state index contributed by atoms with van der Waals surface area (Å²) in [7, 11) is 0. The Balaban J connectivity index is 2.13. The third-order valence-electron chi connectivity index (χ3n) is 13.8. The Morgan fingerprint density at radius 2 is 0.871 bits per heavy atom. The summed E-state index contributed by atoms with van der Waals surface area (Å²) in [5.74, 6) is -0.309. The zero-order chi connectivity index (χ0) is 50.6. The number of allylic oxidation sites excluding steroid dienone is 8. The van der Waals surface area contributed by atoms with E-state index in [1.54, 1.807) is 0 Å². The van der Waals surface area contributed by atoms with Gasteiger partial charge < -0.3 is 39.4 Å². The van der Waals surface area contributed by atoms with Gasteiger partial charge in [-0.15, -0.1) is 0 Å². The minimum absolute atomic E-state index is 0.112. The molecular formula is C61H112O9. The predicted molar refractivity (Wildman–Crippen MR) is 293 cm³/mol. The zero-order valence-electron chi connectivity index (χ0n) is 45.5. The zero-order valence-corrected chi connectivity index (χ0v) is 45.5. The Bertz CT molecular complexity index is 1220. The van der Waals surface area contributed by atoms with E-state index >= 15 is 0 Å². The van der Waals surface area contributed by atoms with Gasteiger partial charge in [0, 0.05) is 13.0 Å². The number of rotatable bonds is 52. The lowest BCUT2D eigenvalue weighted by Gasteiger charge is -2.39. The highest BCUT2D eigenvalue weighted by atomic mass is 16.7. The summed E-state index contributed by atoms with van der Waals surface area (Å²) < 4.78 is 23.0. The Kier molecular flexibility index (Phi) is 49.2. The predicted octanol–water partition coefficient (Wildman–Crippen LogP) is 15.6. The van der Waals surface area contributed by atoms with Crippen LogP contribution < -0.4 is 0 Å². The van der Waals surface area contributed by atoms with Gasteiger partial charge in [0.05, 0.1) is 19.8 Å². The molecule has 0 spiro atoms. The van der Waals surface area contributed by atoms with Gasteiger partial charge in [-0.3, -0.25) is 4.79 Å². The molecule has 0 radical (unpaired) electrons. The van der Waals surface area contributed by atoms with E-state index in [-0.39, 0.29) is 19.2 Å². The molecule has 6 atom stereocenters. The molecule has 0 aliphatic carbocycles. The van der Waals surface area contributed by atoms with E-state index in [0.29, 0.717) is 13.0 Å². The first kappa shape index (κ1) is 66.2. The highest BCUT2D eigenvalue weighted by Crippen LogP contribution is 2.23. The number of unbranched alkanes of at least 4 members (excludes halogenated alkanes) is 33. The summed E-state index contributed by atoms with van der Waals surface area (Å²) in [5, 5.41) is 40.4. The molecule has 410 valence electrons. The standard InChI is InChI=1S/C61H112O9/c1-3-5-7-9-11-13-15-17-19-21-23-25-27-29-31-33-35-37-39-41-43-45-47-49-51-67-53-55(54-68-61-60(66)59(65)58(64)56(52-62)70-61)69-57(63)50-48-46-44-42-40-38-36-34-32-30-28-26-24-22-20-18-16-14-12-10-8-6-4-2/h5,7,11,13,17,19,23,25,55-56,58-62,64-66H,3-4,6,8-10,12,14-16,18,20-22,24,26-54H2,1-2H3/b7-5-,13-11-,19-17-,25-23-. The smallest absolute Gasteiger partial charge is 0.306 e. The van der Waals surface area contributed by atoms with Gasteiger partial charge in [-0.2, -0.15) is 0 Å². The van der Waals surface area contributed by atoms with Crippen molar-refractivity contribution in [3.63, 3.8) is 0 Å². The molecule has 0 aromatic heterocycles. The Morgan fingerprint density at radius 1 is 0.471 bits per heavy atom. The molecule has 0 bridgehead atoms. The number of aliphatic hydroxyl groups is 4. The molecule has 1 fully saturated rings. The second-order valence-electron chi connectivity index (χ2n) is 20.4. The van der Waals surface area contributed by atoms with Crippen LogP contribution in [0, 0.1) is 0 Å². The van der Waals surface area contributed by atoms with Gasteiger partial charge >= 0.3 is 5.97 Å². The van der Waals surface area contributed by atoms with Crippen molar-refractivity contribution in [2.75, 3.05) is 26.4 Å². The van der Waals surface area contributed by atoms with Crippen LogP contribution in [0.25, 0.3) is 0 Å². The second-order valence-corrected chi connectivity index (χ2v) is 20.4. The molecule has 70 heavy (non-hydrogen) atoms. The van der Waals surface area contributed by atoms with Gasteiger partial charge in [0.2, 0.25) is 0 Å². The fraction of sp³-hybridized carbons (Fsp3) is 0.852. The summed E-state index contributed by atoms with van der Waals surface area (Å²) in [6.07, 6.45) is 60.2. The van der Waals surface area contributed by atoms with Crippen LogP contribution in [0.1, 0.15) is 271 Å². The summed E-state index contributed by atoms with van der Waals surface area (Å²) in [4.78, 5) is 12.9. The minimum atomic E-state index is -1.54. The molecule has 0 saturated carbocycles.